The van der Waals surface area contributed by atoms with Crippen molar-refractivity contribution < 1.29 is 4.21 Å². The van der Waals surface area contributed by atoms with Gasteiger partial charge in [-0.1, -0.05) is 35.3 Å². The van der Waals surface area contributed by atoms with Crippen molar-refractivity contribution >= 4 is 34.2 Å². The van der Waals surface area contributed by atoms with Gasteiger partial charge in [0.2, 0.25) is 0 Å². The average Bonchev–Trinajstić information content (AvgIpc) is 2.54. The predicted octanol–water partition coefficient (Wildman–Crippen LogP) is 3.81. The highest BCUT2D eigenvalue weighted by Gasteiger charge is 2.27. The molecule has 2 atom stereocenters. The van der Waals surface area contributed by atoms with Gasteiger partial charge in [0.25, 0.3) is 0 Å². The van der Waals surface area contributed by atoms with E-state index >= 15 is 0 Å². The van der Waals surface area contributed by atoms with Gasteiger partial charge in [-0.15, -0.1) is 0 Å². The van der Waals surface area contributed by atoms with E-state index in [1.807, 2.05) is 24.3 Å². The molecule has 3 rings (SSSR count). The van der Waals surface area contributed by atoms with Crippen LogP contribution in [0.4, 0.5) is 0 Å². The molecule has 1 aliphatic rings. The van der Waals surface area contributed by atoms with E-state index in [0.29, 0.717) is 10.0 Å². The summed E-state index contributed by atoms with van der Waals surface area (Å²) < 4.78 is 14.8. The molecule has 2 unspecified atom stereocenters. The second-order valence-electron chi connectivity index (χ2n) is 5.75. The third-order valence-corrected chi connectivity index (χ3v) is 5.76. The Bertz CT molecular complexity index is 766. The standard InChI is InChI=1S/C17H18Cl2N2OS/c1-20-23(22)13-5-3-4-11(6-13)15-9-21(2)10-16-14(15)7-12(18)8-17(16)19/h3-8,15,20H,9-10H2,1-2H3. The van der Waals surface area contributed by atoms with Crippen molar-refractivity contribution in [1.82, 2.24) is 9.62 Å². The molecule has 3 nitrogen and oxygen atoms in total. The Balaban J connectivity index is 2.09. The maximum absolute atomic E-state index is 12.0. The molecule has 122 valence electrons. The van der Waals surface area contributed by atoms with Gasteiger partial charge in [-0.3, -0.25) is 0 Å². The van der Waals surface area contributed by atoms with Crippen LogP contribution >= 0.6 is 23.2 Å². The van der Waals surface area contributed by atoms with Gasteiger partial charge in [0.15, 0.2) is 0 Å². The maximum Gasteiger partial charge on any atom is 0.124 e. The lowest BCUT2D eigenvalue weighted by Gasteiger charge is -2.33. The van der Waals surface area contributed by atoms with Crippen molar-refractivity contribution in [1.29, 1.82) is 0 Å². The van der Waals surface area contributed by atoms with E-state index in [9.17, 15) is 4.21 Å². The van der Waals surface area contributed by atoms with Crippen molar-refractivity contribution in [2.75, 3.05) is 20.6 Å². The summed E-state index contributed by atoms with van der Waals surface area (Å²) in [7, 11) is 2.57. The van der Waals surface area contributed by atoms with Crippen LogP contribution in [0.15, 0.2) is 41.3 Å². The topological polar surface area (TPSA) is 32.3 Å². The summed E-state index contributed by atoms with van der Waals surface area (Å²) in [6, 6.07) is 11.7. The molecule has 6 heteroatoms. The van der Waals surface area contributed by atoms with Gasteiger partial charge in [0.1, 0.15) is 11.0 Å². The smallest absolute Gasteiger partial charge is 0.124 e. The first kappa shape index (κ1) is 16.9. The van der Waals surface area contributed by atoms with Crippen LogP contribution in [0.25, 0.3) is 0 Å². The summed E-state index contributed by atoms with van der Waals surface area (Å²) >= 11 is 12.6. The number of likely N-dealkylation sites (N-methyl/N-ethyl adjacent to an activating group) is 1. The van der Waals surface area contributed by atoms with Crippen molar-refractivity contribution in [3.05, 3.63) is 63.1 Å². The second-order valence-corrected chi connectivity index (χ2v) is 8.01. The molecule has 0 amide bonds. The average molecular weight is 369 g/mol. The van der Waals surface area contributed by atoms with Gasteiger partial charge in [0, 0.05) is 29.1 Å². The highest BCUT2D eigenvalue weighted by Crippen LogP contribution is 2.38. The Labute approximate surface area is 149 Å². The Morgan fingerprint density at radius 3 is 2.78 bits per heavy atom. The molecule has 2 aromatic rings. The number of rotatable bonds is 3. The summed E-state index contributed by atoms with van der Waals surface area (Å²) in [6.07, 6.45) is 0. The molecule has 1 N–H and O–H groups in total. The maximum atomic E-state index is 12.0. The highest BCUT2D eigenvalue weighted by atomic mass is 35.5. The van der Waals surface area contributed by atoms with E-state index in [1.54, 1.807) is 13.1 Å². The van der Waals surface area contributed by atoms with Crippen LogP contribution in [-0.4, -0.2) is 29.7 Å². The van der Waals surface area contributed by atoms with Crippen LogP contribution in [0.3, 0.4) is 0 Å². The Morgan fingerprint density at radius 2 is 2.04 bits per heavy atom. The van der Waals surface area contributed by atoms with Crippen molar-refractivity contribution in [3.63, 3.8) is 0 Å². The molecule has 0 aliphatic carbocycles. The Kier molecular flexibility index (Phi) is 5.09. The highest BCUT2D eigenvalue weighted by molar-refractivity contribution is 7.83. The van der Waals surface area contributed by atoms with Gasteiger partial charge < -0.3 is 4.90 Å². The molecule has 0 fully saturated rings. The number of hydrogen-bond acceptors (Lipinski definition) is 2. The summed E-state index contributed by atoms with van der Waals surface area (Å²) in [5.41, 5.74) is 3.40. The molecule has 0 spiro atoms. The third-order valence-electron chi connectivity index (χ3n) is 4.15. The summed E-state index contributed by atoms with van der Waals surface area (Å²) in [5, 5.41) is 1.36. The SMILES string of the molecule is CNS(=O)c1cccc(C2CN(C)Cc3c(Cl)cc(Cl)cc32)c1. The molecule has 0 aromatic heterocycles. The largest absolute Gasteiger partial charge is 0.301 e. The molecular weight excluding hydrogens is 351 g/mol. The number of nitrogens with one attached hydrogen (secondary N) is 1. The van der Waals surface area contributed by atoms with Crippen LogP contribution in [0.1, 0.15) is 22.6 Å². The van der Waals surface area contributed by atoms with E-state index in [0.717, 1.165) is 34.7 Å². The molecule has 0 bridgehead atoms. The second kappa shape index (κ2) is 6.91. The summed E-state index contributed by atoms with van der Waals surface area (Å²) in [5.74, 6) is 0.161. The first-order chi connectivity index (χ1) is 11.0. The normalized spacial score (nSPS) is 19.4. The van der Waals surface area contributed by atoms with Gasteiger partial charge >= 0.3 is 0 Å². The molecule has 0 saturated carbocycles. The van der Waals surface area contributed by atoms with E-state index in [4.69, 9.17) is 23.2 Å². The minimum atomic E-state index is -1.20. The van der Waals surface area contributed by atoms with E-state index in [1.165, 1.54) is 0 Å². The molecule has 2 aromatic carbocycles. The number of benzene rings is 2. The number of nitrogens with zero attached hydrogens (tertiary/aromatic N) is 1. The Hall–Kier alpha value is -0.910. The van der Waals surface area contributed by atoms with Crippen LogP contribution in [-0.2, 0) is 17.5 Å². The fraction of sp³-hybridized carbons (Fsp3) is 0.294. The lowest BCUT2D eigenvalue weighted by atomic mass is 9.85. The summed E-state index contributed by atoms with van der Waals surface area (Å²) in [4.78, 5) is 3.02. The molecule has 1 heterocycles. The minimum absolute atomic E-state index is 0.161. The summed E-state index contributed by atoms with van der Waals surface area (Å²) in [6.45, 7) is 1.68. The quantitative estimate of drug-likeness (QED) is 0.892. The van der Waals surface area contributed by atoms with Gasteiger partial charge in [-0.25, -0.2) is 8.93 Å². The molecule has 0 saturated heterocycles. The minimum Gasteiger partial charge on any atom is -0.301 e. The van der Waals surface area contributed by atoms with Crippen molar-refractivity contribution in [2.24, 2.45) is 0 Å². The first-order valence-corrected chi connectivity index (χ1v) is 9.25. The monoisotopic (exact) mass is 368 g/mol. The fourth-order valence-electron chi connectivity index (χ4n) is 3.10. The van der Waals surface area contributed by atoms with Crippen LogP contribution in [0, 0.1) is 0 Å². The number of fused-ring (bicyclic) bond motifs is 1. The van der Waals surface area contributed by atoms with E-state index < -0.39 is 11.0 Å². The zero-order valence-corrected chi connectivity index (χ0v) is 15.3. The van der Waals surface area contributed by atoms with Crippen LogP contribution in [0.5, 0.6) is 0 Å². The number of halogens is 2. The van der Waals surface area contributed by atoms with E-state index in [-0.39, 0.29) is 5.92 Å². The predicted molar refractivity (Wildman–Crippen MR) is 96.5 cm³/mol. The van der Waals surface area contributed by atoms with Crippen LogP contribution < -0.4 is 4.72 Å². The van der Waals surface area contributed by atoms with E-state index in [2.05, 4.69) is 22.7 Å². The first-order valence-electron chi connectivity index (χ1n) is 7.35. The zero-order valence-electron chi connectivity index (χ0n) is 13.0. The number of hydrogen-bond donors (Lipinski definition) is 1. The Morgan fingerprint density at radius 1 is 1.26 bits per heavy atom. The lowest BCUT2D eigenvalue weighted by molar-refractivity contribution is 0.295. The van der Waals surface area contributed by atoms with Gasteiger partial charge in [-0.2, -0.15) is 0 Å². The molecule has 0 radical (unpaired) electrons. The van der Waals surface area contributed by atoms with Gasteiger partial charge in [0.05, 0.1) is 4.90 Å². The molecule has 1 aliphatic heterocycles. The lowest BCUT2D eigenvalue weighted by Crippen LogP contribution is -2.31. The molecule has 23 heavy (non-hydrogen) atoms. The molecular formula is C17H18Cl2N2OS. The fourth-order valence-corrected chi connectivity index (χ4v) is 4.34. The third kappa shape index (κ3) is 3.47. The zero-order chi connectivity index (χ0) is 16.6. The van der Waals surface area contributed by atoms with Crippen molar-refractivity contribution in [2.45, 2.75) is 17.4 Å². The van der Waals surface area contributed by atoms with Gasteiger partial charge in [-0.05, 0) is 55.1 Å². The van der Waals surface area contributed by atoms with Crippen LogP contribution in [0.2, 0.25) is 10.0 Å². The van der Waals surface area contributed by atoms with Crippen molar-refractivity contribution in [3.8, 4) is 0 Å².